The van der Waals surface area contributed by atoms with Crippen LogP contribution in [0.1, 0.15) is 76.3 Å². The van der Waals surface area contributed by atoms with E-state index in [1.807, 2.05) is 30.7 Å². The zero-order valence-corrected chi connectivity index (χ0v) is 36.5. The fourth-order valence-electron chi connectivity index (χ4n) is 7.03. The molecule has 17 heteroatoms. The first-order valence-corrected chi connectivity index (χ1v) is 20.3. The summed E-state index contributed by atoms with van der Waals surface area (Å²) >= 11 is 0. The maximum atomic E-state index is 6.72. The molecule has 346 valence electrons. The Hall–Kier alpha value is -10.5. The van der Waals surface area contributed by atoms with Crippen LogP contribution in [0.5, 0.6) is 0 Å². The molecule has 3 aromatic rings. The number of aromatic nitrogens is 4. The molecule has 4 aliphatic rings. The Kier molecular flexibility index (Phi) is 19.7. The number of nitrogens with one attached hydrogen (secondary N) is 1. The molecule has 0 saturated carbocycles. The number of nitrogens with zero attached hydrogens (tertiary/aromatic N) is 14. The van der Waals surface area contributed by atoms with Gasteiger partial charge in [0, 0.05) is 95.0 Å². The van der Waals surface area contributed by atoms with Crippen LogP contribution in [0.4, 0.5) is 11.5 Å². The number of fused-ring (bicyclic) bond motifs is 3. The van der Waals surface area contributed by atoms with Gasteiger partial charge >= 0.3 is 0 Å². The molecule has 7 rings (SSSR count). The first kappa shape index (κ1) is 48.6. The molecule has 3 aromatic heterocycles. The molecule has 17 nitrogen and oxygen atoms in total. The van der Waals surface area contributed by atoms with Crippen molar-refractivity contribution in [3.8, 4) is 143 Å². The average Bonchev–Trinajstić information content (AvgIpc) is 3.92. The Labute approximate surface area is 411 Å². The van der Waals surface area contributed by atoms with E-state index in [0.29, 0.717) is 6.54 Å². The van der Waals surface area contributed by atoms with Gasteiger partial charge in [-0.3, -0.25) is 15.0 Å². The Morgan fingerprint density at radius 2 is 1.26 bits per heavy atom. The summed E-state index contributed by atoms with van der Waals surface area (Å²) in [5.74, 6) is 63.3. The minimum atomic E-state index is 0. The summed E-state index contributed by atoms with van der Waals surface area (Å²) in [7, 11) is 0. The molecule has 6 heterocycles. The second-order valence-corrected chi connectivity index (χ2v) is 13.6. The lowest BCUT2D eigenvalue weighted by atomic mass is 9.73. The molecule has 0 bridgehead atoms. The van der Waals surface area contributed by atoms with Gasteiger partial charge in [0.25, 0.3) is 0 Å². The van der Waals surface area contributed by atoms with Crippen LogP contribution in [-0.2, 0) is 19.4 Å². The number of anilines is 2. The van der Waals surface area contributed by atoms with Crippen molar-refractivity contribution in [3.05, 3.63) is 71.2 Å². The number of pyridine rings is 2. The van der Waals surface area contributed by atoms with Crippen molar-refractivity contribution < 1.29 is 15.7 Å². The summed E-state index contributed by atoms with van der Waals surface area (Å²) in [5.41, 5.74) is 19.5. The van der Waals surface area contributed by atoms with Gasteiger partial charge < -0.3 is 21.4 Å². The lowest BCUT2D eigenvalue weighted by molar-refractivity contribution is 0.186. The van der Waals surface area contributed by atoms with E-state index in [1.165, 1.54) is 11.3 Å². The van der Waals surface area contributed by atoms with Gasteiger partial charge in [0.15, 0.2) is 5.84 Å². The molecule has 68 heavy (non-hydrogen) atoms. The van der Waals surface area contributed by atoms with Crippen molar-refractivity contribution in [1.82, 2.24) is 19.9 Å². The summed E-state index contributed by atoms with van der Waals surface area (Å²) in [4.78, 5) is 28.5. The molecule has 1 fully saturated rings. The van der Waals surface area contributed by atoms with E-state index < -0.39 is 0 Å². The number of aryl methyl sites for hydroxylation is 1. The second-order valence-electron chi connectivity index (χ2n) is 13.6. The van der Waals surface area contributed by atoms with Crippen LogP contribution in [0.3, 0.4) is 0 Å². The highest BCUT2D eigenvalue weighted by atomic mass is 15.6. The number of nitrogens with two attached hydrogens (primary N) is 2. The van der Waals surface area contributed by atoms with Crippen LogP contribution in [0.25, 0.3) is 0 Å². The van der Waals surface area contributed by atoms with Crippen LogP contribution in [0.15, 0.2) is 84.4 Å². The zero-order chi connectivity index (χ0) is 47.9. The minimum absolute atomic E-state index is 0. The van der Waals surface area contributed by atoms with Gasteiger partial charge in [-0.2, -0.15) is 5.53 Å². The monoisotopic (exact) mass is 907 g/mol. The van der Waals surface area contributed by atoms with Gasteiger partial charge in [0.2, 0.25) is 0 Å². The average molecular weight is 908 g/mol. The highest BCUT2D eigenvalue weighted by Crippen LogP contribution is 2.50. The van der Waals surface area contributed by atoms with Crippen LogP contribution in [0, 0.1) is 154 Å². The van der Waals surface area contributed by atoms with Gasteiger partial charge in [-0.05, 0) is 194 Å². The summed E-state index contributed by atoms with van der Waals surface area (Å²) < 4.78 is 0. The Morgan fingerprint density at radius 3 is 1.84 bits per heavy atom. The molecule has 0 aromatic carbocycles. The maximum Gasteiger partial charge on any atom is 0.156 e. The molecular formula is C51H57N17. The number of aliphatic imine (C=N–C) groups is 1. The van der Waals surface area contributed by atoms with Crippen molar-refractivity contribution in [2.45, 2.75) is 51.6 Å². The lowest BCUT2D eigenvalue weighted by Crippen LogP contribution is -2.44. The third-order valence-corrected chi connectivity index (χ3v) is 9.86. The third kappa shape index (κ3) is 14.5. The van der Waals surface area contributed by atoms with Crippen LogP contribution >= 0.6 is 0 Å². The van der Waals surface area contributed by atoms with E-state index in [1.54, 1.807) is 6.92 Å². The predicted molar refractivity (Wildman–Crippen MR) is 278 cm³/mol. The lowest BCUT2D eigenvalue weighted by Gasteiger charge is -2.42. The number of amidine groups is 1. The minimum Gasteiger partial charge on any atom is -0.355 e. The van der Waals surface area contributed by atoms with Gasteiger partial charge in [-0.1, -0.05) is 17.2 Å². The van der Waals surface area contributed by atoms with Gasteiger partial charge in [-0.15, -0.1) is 6.42 Å². The fourth-order valence-corrected chi connectivity index (χ4v) is 7.03. The highest BCUT2D eigenvalue weighted by molar-refractivity contribution is 6.11. The number of rotatable bonds is 4. The number of hydrogen-bond acceptors (Lipinski definition) is 10. The van der Waals surface area contributed by atoms with E-state index in [-0.39, 0.29) is 27.1 Å². The van der Waals surface area contributed by atoms with Gasteiger partial charge in [-0.25, -0.2) is 9.97 Å². The molecule has 0 radical (unpaired) electrons. The van der Waals surface area contributed by atoms with E-state index in [4.69, 9.17) is 32.6 Å². The summed E-state index contributed by atoms with van der Waals surface area (Å²) in [6.07, 6.45) is 15.7. The highest BCUT2D eigenvalue weighted by Gasteiger charge is 2.46. The van der Waals surface area contributed by atoms with Crippen LogP contribution < -0.4 is 21.4 Å². The summed E-state index contributed by atoms with van der Waals surface area (Å²) in [6, 6.07) is 8.35. The number of piperidine rings is 1. The van der Waals surface area contributed by atoms with Crippen molar-refractivity contribution in [2.24, 2.45) is 58.5 Å². The van der Waals surface area contributed by atoms with Crippen molar-refractivity contribution >= 4 is 17.3 Å². The molecule has 0 amide bonds. The molecule has 1 saturated heterocycles. The van der Waals surface area contributed by atoms with E-state index in [0.717, 1.165) is 86.2 Å². The Morgan fingerprint density at radius 1 is 0.706 bits per heavy atom. The molecule has 1 aliphatic carbocycles. The van der Waals surface area contributed by atoms with Gasteiger partial charge in [0.1, 0.15) is 11.5 Å². The van der Waals surface area contributed by atoms with Crippen molar-refractivity contribution in [3.63, 3.8) is 0 Å². The van der Waals surface area contributed by atoms with Crippen molar-refractivity contribution in [1.29, 1.82) is 5.53 Å². The van der Waals surface area contributed by atoms with Crippen LogP contribution in [-0.4, -0.2) is 45.4 Å². The molecule has 0 unspecified atom stereocenters. The Bertz CT molecular complexity index is 3340. The first-order valence-electron chi connectivity index (χ1n) is 20.3. The number of terminal acetylenes is 1. The summed E-state index contributed by atoms with van der Waals surface area (Å²) in [6.45, 7) is 5.09. The van der Waals surface area contributed by atoms with E-state index >= 15 is 0 Å². The van der Waals surface area contributed by atoms with E-state index in [9.17, 15) is 0 Å². The third-order valence-electron chi connectivity index (χ3n) is 9.86. The molecule has 1 spiro atoms. The predicted octanol–water partition coefficient (Wildman–Crippen LogP) is 7.20. The maximum absolute atomic E-state index is 6.72. The standard InChI is InChI=1S/C26H28N8.C25H4.H3N9.11H2/c27-24-17-4-1-9-29-19(17)14-26(24)7-12-33(13-8-26)22-16-30-23-20(32-22)15-31-25(23)34-11-3-5-18-21(34)6-2-10-28-18;1-3-5-7-9-11-13-15-17-19-21-23-25-24-22-20-18-16-14-12-10-8-6-4-2;1-3-5-7-9-8-6-4-2;;;;;;;;;;;/h1-2,4,6,9-10,16,24H,3,5,7-8,11-15,27H2;1H,2H3;(H3,1,2,5,6,9);11*1H/t24-;;;;;;;;;;;;;/m1............./s1. The fraction of sp³-hybridized carbons (Fsp3) is 0.235. The number of hydrogen-bond donors (Lipinski definition) is 3. The zero-order valence-electron chi connectivity index (χ0n) is 36.5. The molecule has 3 aliphatic heterocycles. The van der Waals surface area contributed by atoms with Gasteiger partial charge in [0.05, 0.1) is 29.8 Å². The van der Waals surface area contributed by atoms with Crippen LogP contribution in [0.2, 0.25) is 0 Å². The smallest absolute Gasteiger partial charge is 0.156 e. The van der Waals surface area contributed by atoms with E-state index in [2.05, 4.69) is 210 Å². The Balaban J connectivity index is -0.000000208. The topological polar surface area (TPSA) is 233 Å². The second kappa shape index (κ2) is 27.6. The molecular weight excluding hydrogens is 851 g/mol. The normalized spacial score (nSPS) is 14.2. The SMILES string of the molecule is C#CC#CC#CC#CC#CC#CC#CC#CC#CC#CC#CC#CC.N=N/N=N/N=N/N=N/N.N[C@@H]1c2cccnc2CC12CCN(c1cnc3c(n1)CN=C3N1CCCc3ncccc31)CC2.[HH].[HH].[HH].[HH].[HH].[HH].[HH].[HH].[HH].[HH].[HH]. The first-order chi connectivity index (χ1) is 33.5. The molecule has 1 atom stereocenters. The van der Waals surface area contributed by atoms with Crippen molar-refractivity contribution in [2.75, 3.05) is 29.4 Å². The largest absolute Gasteiger partial charge is 0.355 e. The quantitative estimate of drug-likeness (QED) is 0.105. The summed E-state index contributed by atoms with van der Waals surface area (Å²) in [5, 5.41) is 19.4. The molecule has 5 N–H and O–H groups in total.